The van der Waals surface area contributed by atoms with Crippen molar-refractivity contribution in [3.63, 3.8) is 0 Å². The van der Waals surface area contributed by atoms with Crippen LogP contribution in [0.4, 0.5) is 0 Å². The van der Waals surface area contributed by atoms with Gasteiger partial charge in [-0.1, -0.05) is 18.2 Å². The third-order valence-electron chi connectivity index (χ3n) is 4.40. The summed E-state index contributed by atoms with van der Waals surface area (Å²) in [6.45, 7) is 5.87. The van der Waals surface area contributed by atoms with Gasteiger partial charge in [0.25, 0.3) is 5.91 Å². The number of rotatable bonds is 6. The molecule has 0 aliphatic carbocycles. The molecule has 26 heavy (non-hydrogen) atoms. The molecule has 7 nitrogen and oxygen atoms in total. The van der Waals surface area contributed by atoms with E-state index in [-0.39, 0.29) is 18.4 Å². The lowest BCUT2D eigenvalue weighted by Gasteiger charge is -2.20. The number of amides is 2. The second-order valence-corrected chi connectivity index (χ2v) is 6.46. The van der Waals surface area contributed by atoms with Crippen LogP contribution in [0.1, 0.15) is 23.4 Å². The Hall–Kier alpha value is -2.83. The quantitative estimate of drug-likeness (QED) is 0.849. The molecule has 0 saturated heterocycles. The molecule has 0 unspecified atom stereocenters. The number of hydrogen-bond acceptors (Lipinski definition) is 4. The van der Waals surface area contributed by atoms with Crippen molar-refractivity contribution in [2.24, 2.45) is 0 Å². The minimum absolute atomic E-state index is 0.0306. The van der Waals surface area contributed by atoms with Crippen molar-refractivity contribution < 1.29 is 14.3 Å². The van der Waals surface area contributed by atoms with E-state index < -0.39 is 0 Å². The van der Waals surface area contributed by atoms with Crippen LogP contribution in [0.5, 0.6) is 5.75 Å². The van der Waals surface area contributed by atoms with Gasteiger partial charge in [-0.25, -0.2) is 0 Å². The molecule has 0 bridgehead atoms. The maximum absolute atomic E-state index is 12.2. The Morgan fingerprint density at radius 3 is 2.85 bits per heavy atom. The Bertz CT molecular complexity index is 800. The number of aryl methyl sites for hydroxylation is 3. The Morgan fingerprint density at radius 1 is 1.27 bits per heavy atom. The molecule has 0 atom stereocenters. The minimum atomic E-state index is -0.0712. The molecule has 0 radical (unpaired) electrons. The van der Waals surface area contributed by atoms with Crippen molar-refractivity contribution in [3.05, 3.63) is 47.3 Å². The van der Waals surface area contributed by atoms with E-state index >= 15 is 0 Å². The van der Waals surface area contributed by atoms with E-state index in [1.54, 1.807) is 4.90 Å². The molecule has 2 amide bonds. The summed E-state index contributed by atoms with van der Waals surface area (Å²) in [4.78, 5) is 25.9. The molecular weight excluding hydrogens is 332 g/mol. The summed E-state index contributed by atoms with van der Waals surface area (Å²) in [7, 11) is 0. The number of carbonyl (C=O) groups excluding carboxylic acids is 2. The molecule has 0 fully saturated rings. The van der Waals surface area contributed by atoms with Gasteiger partial charge in [-0.15, -0.1) is 0 Å². The fraction of sp³-hybridized carbons (Fsp3) is 0.421. The Labute approximate surface area is 152 Å². The van der Waals surface area contributed by atoms with Crippen molar-refractivity contribution in [3.8, 4) is 5.75 Å². The average Bonchev–Trinajstić information content (AvgIpc) is 2.85. The highest BCUT2D eigenvalue weighted by molar-refractivity contribution is 5.79. The van der Waals surface area contributed by atoms with E-state index in [2.05, 4.69) is 10.4 Å². The van der Waals surface area contributed by atoms with Crippen molar-refractivity contribution >= 4 is 11.8 Å². The molecule has 1 aromatic carbocycles. The van der Waals surface area contributed by atoms with E-state index in [4.69, 9.17) is 4.74 Å². The van der Waals surface area contributed by atoms with Crippen LogP contribution >= 0.6 is 0 Å². The molecule has 1 aromatic heterocycles. The highest BCUT2D eigenvalue weighted by Crippen LogP contribution is 2.22. The van der Waals surface area contributed by atoms with Gasteiger partial charge in [0.2, 0.25) is 5.91 Å². The standard InChI is InChI=1S/C19H24N4O3/c1-14-11-15(2)23(21-14)9-7-18(24)20-8-10-22-12-16-5-3-4-6-17(16)26-13-19(22)25/h3-6,11H,7-10,12-13H2,1-2H3,(H,20,24). The number of ether oxygens (including phenoxy) is 1. The zero-order chi connectivity index (χ0) is 18.5. The number of carbonyl (C=O) groups is 2. The molecule has 138 valence electrons. The molecule has 2 aromatic rings. The topological polar surface area (TPSA) is 76.5 Å². The second kappa shape index (κ2) is 8.03. The number of benzene rings is 1. The van der Waals surface area contributed by atoms with Crippen LogP contribution in [0.2, 0.25) is 0 Å². The van der Waals surface area contributed by atoms with Gasteiger partial charge in [-0.3, -0.25) is 14.3 Å². The Morgan fingerprint density at radius 2 is 2.08 bits per heavy atom. The third kappa shape index (κ3) is 4.41. The molecule has 1 N–H and O–H groups in total. The monoisotopic (exact) mass is 356 g/mol. The molecule has 0 saturated carbocycles. The first-order chi connectivity index (χ1) is 12.5. The van der Waals surface area contributed by atoms with Crippen LogP contribution in [0.15, 0.2) is 30.3 Å². The summed E-state index contributed by atoms with van der Waals surface area (Å²) in [5.41, 5.74) is 2.98. The van der Waals surface area contributed by atoms with Crippen molar-refractivity contribution in [2.75, 3.05) is 19.7 Å². The Kier molecular flexibility index (Phi) is 5.55. The van der Waals surface area contributed by atoms with E-state index in [0.717, 1.165) is 22.7 Å². The molecule has 7 heteroatoms. The SMILES string of the molecule is Cc1cc(C)n(CCC(=O)NCCN2Cc3ccccc3OCC2=O)n1. The summed E-state index contributed by atoms with van der Waals surface area (Å²) in [5.74, 6) is 0.631. The normalized spacial score (nSPS) is 13.8. The predicted octanol–water partition coefficient (Wildman–Crippen LogP) is 1.43. The second-order valence-electron chi connectivity index (χ2n) is 6.46. The first-order valence-corrected chi connectivity index (χ1v) is 8.79. The smallest absolute Gasteiger partial charge is 0.260 e. The lowest BCUT2D eigenvalue weighted by molar-refractivity contribution is -0.133. The summed E-state index contributed by atoms with van der Waals surface area (Å²) in [5, 5.41) is 7.22. The number of hydrogen-bond donors (Lipinski definition) is 1. The minimum Gasteiger partial charge on any atom is -0.483 e. The van der Waals surface area contributed by atoms with Gasteiger partial charge in [0.15, 0.2) is 6.61 Å². The fourth-order valence-corrected chi connectivity index (χ4v) is 3.03. The number of para-hydroxylation sites is 1. The van der Waals surface area contributed by atoms with Crippen LogP contribution in [-0.4, -0.2) is 46.2 Å². The number of nitrogens with one attached hydrogen (secondary N) is 1. The van der Waals surface area contributed by atoms with Crippen LogP contribution in [-0.2, 0) is 22.7 Å². The van der Waals surface area contributed by atoms with E-state index in [0.29, 0.717) is 32.6 Å². The summed E-state index contributed by atoms with van der Waals surface area (Å²) < 4.78 is 7.37. The largest absolute Gasteiger partial charge is 0.483 e. The summed E-state index contributed by atoms with van der Waals surface area (Å²) >= 11 is 0. The highest BCUT2D eigenvalue weighted by atomic mass is 16.5. The Balaban J connectivity index is 1.45. The van der Waals surface area contributed by atoms with E-state index in [1.807, 2.05) is 48.9 Å². The van der Waals surface area contributed by atoms with Crippen LogP contribution in [0.3, 0.4) is 0 Å². The van der Waals surface area contributed by atoms with E-state index in [1.165, 1.54) is 0 Å². The first-order valence-electron chi connectivity index (χ1n) is 8.79. The zero-order valence-electron chi connectivity index (χ0n) is 15.2. The number of fused-ring (bicyclic) bond motifs is 1. The van der Waals surface area contributed by atoms with Gasteiger partial charge in [0.1, 0.15) is 5.75 Å². The van der Waals surface area contributed by atoms with Gasteiger partial charge >= 0.3 is 0 Å². The molecule has 1 aliphatic rings. The maximum Gasteiger partial charge on any atom is 0.260 e. The molecule has 1 aliphatic heterocycles. The average molecular weight is 356 g/mol. The van der Waals surface area contributed by atoms with E-state index in [9.17, 15) is 9.59 Å². The summed E-state index contributed by atoms with van der Waals surface area (Å²) in [6.07, 6.45) is 0.363. The molecule has 3 rings (SSSR count). The van der Waals surface area contributed by atoms with Gasteiger partial charge in [0.05, 0.1) is 5.69 Å². The van der Waals surface area contributed by atoms with Crippen molar-refractivity contribution in [1.82, 2.24) is 20.0 Å². The molecule has 0 spiro atoms. The predicted molar refractivity (Wildman–Crippen MR) is 96.7 cm³/mol. The highest BCUT2D eigenvalue weighted by Gasteiger charge is 2.20. The van der Waals surface area contributed by atoms with Crippen LogP contribution < -0.4 is 10.1 Å². The number of nitrogens with zero attached hydrogens (tertiary/aromatic N) is 3. The van der Waals surface area contributed by atoms with Crippen LogP contribution in [0.25, 0.3) is 0 Å². The zero-order valence-corrected chi connectivity index (χ0v) is 15.2. The first kappa shape index (κ1) is 18.0. The third-order valence-corrected chi connectivity index (χ3v) is 4.40. The van der Waals surface area contributed by atoms with Gasteiger partial charge in [0, 0.05) is 43.9 Å². The van der Waals surface area contributed by atoms with Gasteiger partial charge < -0.3 is 15.0 Å². The lowest BCUT2D eigenvalue weighted by Crippen LogP contribution is -2.39. The van der Waals surface area contributed by atoms with Crippen LogP contribution in [0, 0.1) is 13.8 Å². The van der Waals surface area contributed by atoms with Gasteiger partial charge in [-0.05, 0) is 26.0 Å². The maximum atomic E-state index is 12.2. The van der Waals surface area contributed by atoms with Gasteiger partial charge in [-0.2, -0.15) is 5.10 Å². The molecular formula is C19H24N4O3. The fourth-order valence-electron chi connectivity index (χ4n) is 3.03. The molecule has 2 heterocycles. The lowest BCUT2D eigenvalue weighted by atomic mass is 10.2. The summed E-state index contributed by atoms with van der Waals surface area (Å²) in [6, 6.07) is 9.63. The number of aromatic nitrogens is 2. The van der Waals surface area contributed by atoms with Crippen molar-refractivity contribution in [2.45, 2.75) is 33.4 Å². The van der Waals surface area contributed by atoms with Crippen molar-refractivity contribution in [1.29, 1.82) is 0 Å².